The normalized spacial score (nSPS) is 16.0. The fraction of sp³-hybridized carbons (Fsp3) is 0.364. The Kier molecular flexibility index (Phi) is 2.47. The van der Waals surface area contributed by atoms with E-state index in [4.69, 9.17) is 4.74 Å². The van der Waals surface area contributed by atoms with E-state index in [9.17, 15) is 15.0 Å². The third kappa shape index (κ3) is 1.49. The van der Waals surface area contributed by atoms with Crippen molar-refractivity contribution in [1.82, 2.24) is 4.90 Å². The molecule has 16 heavy (non-hydrogen) atoms. The Balaban J connectivity index is 2.63. The molecule has 0 saturated heterocycles. The van der Waals surface area contributed by atoms with E-state index >= 15 is 0 Å². The van der Waals surface area contributed by atoms with Crippen LogP contribution in [0.5, 0.6) is 17.2 Å². The van der Waals surface area contributed by atoms with Crippen LogP contribution in [0, 0.1) is 0 Å². The highest BCUT2D eigenvalue weighted by Crippen LogP contribution is 2.41. The molecule has 5 heteroatoms. The number of hydrogen-bond acceptors (Lipinski definition) is 5. The first-order valence-corrected chi connectivity index (χ1v) is 4.88. The molecule has 1 aromatic carbocycles. The molecule has 5 nitrogen and oxygen atoms in total. The number of nitrogens with zero attached hydrogens (tertiary/aromatic N) is 1. The number of benzene rings is 1. The first kappa shape index (κ1) is 10.8. The van der Waals surface area contributed by atoms with E-state index < -0.39 is 0 Å². The van der Waals surface area contributed by atoms with Gasteiger partial charge in [0, 0.05) is 6.54 Å². The van der Waals surface area contributed by atoms with Crippen LogP contribution in [-0.2, 0) is 6.54 Å². The molecule has 2 rings (SSSR count). The Morgan fingerprint density at radius 2 is 2.00 bits per heavy atom. The maximum Gasteiger partial charge on any atom is 0.201 e. The zero-order valence-electron chi connectivity index (χ0n) is 9.15. The molecule has 0 spiro atoms. The Bertz CT molecular complexity index is 456. The first-order valence-electron chi connectivity index (χ1n) is 4.88. The van der Waals surface area contributed by atoms with Crippen molar-refractivity contribution in [3.8, 4) is 17.2 Å². The van der Waals surface area contributed by atoms with Crippen LogP contribution in [0.25, 0.3) is 0 Å². The Hall–Kier alpha value is -1.75. The number of carbonyl (C=O) groups is 1. The number of rotatable bonds is 1. The van der Waals surface area contributed by atoms with Crippen LogP contribution in [-0.4, -0.2) is 41.6 Å². The summed E-state index contributed by atoms with van der Waals surface area (Å²) in [6.45, 7) is 0.789. The highest BCUT2D eigenvalue weighted by atomic mass is 16.5. The number of Topliss-reactive ketones (excluding diaryl/α,β-unsaturated/α-hetero) is 1. The number of ether oxygens (including phenoxy) is 1. The first-order chi connectivity index (χ1) is 7.54. The molecule has 0 fully saturated rings. The van der Waals surface area contributed by atoms with Crippen LogP contribution in [0.2, 0.25) is 0 Å². The maximum atomic E-state index is 11.7. The predicted octanol–water partition coefficient (Wildman–Crippen LogP) is 0.734. The van der Waals surface area contributed by atoms with Crippen LogP contribution in [0.1, 0.15) is 15.9 Å². The summed E-state index contributed by atoms with van der Waals surface area (Å²) in [7, 11) is 3.21. The molecular weight excluding hydrogens is 210 g/mol. The molecule has 1 heterocycles. The minimum absolute atomic E-state index is 0.180. The Labute approximate surface area is 92.9 Å². The topological polar surface area (TPSA) is 70.0 Å². The predicted molar refractivity (Wildman–Crippen MR) is 57.0 cm³/mol. The van der Waals surface area contributed by atoms with E-state index in [2.05, 4.69) is 0 Å². The quantitative estimate of drug-likeness (QED) is 0.687. The number of aromatic hydroxyl groups is 2. The van der Waals surface area contributed by atoms with Crippen molar-refractivity contribution in [3.63, 3.8) is 0 Å². The largest absolute Gasteiger partial charge is 0.504 e. The van der Waals surface area contributed by atoms with E-state index in [1.165, 1.54) is 7.11 Å². The van der Waals surface area contributed by atoms with Crippen LogP contribution in [0.3, 0.4) is 0 Å². The summed E-state index contributed by atoms with van der Waals surface area (Å²) in [4.78, 5) is 13.5. The zero-order chi connectivity index (χ0) is 11.9. The van der Waals surface area contributed by atoms with Crippen LogP contribution in [0.4, 0.5) is 0 Å². The average Bonchev–Trinajstić information content (AvgIpc) is 2.22. The average molecular weight is 223 g/mol. The molecular formula is C11H13NO4. The number of ketones is 1. The van der Waals surface area contributed by atoms with Gasteiger partial charge in [0.25, 0.3) is 0 Å². The van der Waals surface area contributed by atoms with Gasteiger partial charge in [0.1, 0.15) is 0 Å². The van der Waals surface area contributed by atoms with Gasteiger partial charge in [0.15, 0.2) is 17.3 Å². The van der Waals surface area contributed by atoms with Gasteiger partial charge in [-0.1, -0.05) is 0 Å². The molecule has 0 amide bonds. The van der Waals surface area contributed by atoms with Gasteiger partial charge in [0.2, 0.25) is 5.75 Å². The van der Waals surface area contributed by atoms with Gasteiger partial charge in [-0.3, -0.25) is 9.69 Å². The molecule has 0 aliphatic carbocycles. The molecule has 86 valence electrons. The lowest BCUT2D eigenvalue weighted by atomic mass is 9.97. The lowest BCUT2D eigenvalue weighted by Gasteiger charge is -2.25. The monoisotopic (exact) mass is 223 g/mol. The summed E-state index contributed by atoms with van der Waals surface area (Å²) in [5.74, 6) is -0.773. The van der Waals surface area contributed by atoms with Crippen molar-refractivity contribution >= 4 is 5.78 Å². The summed E-state index contributed by atoms with van der Waals surface area (Å²) in [6.07, 6.45) is 0. The van der Waals surface area contributed by atoms with Crippen LogP contribution in [0.15, 0.2) is 6.07 Å². The second-order valence-electron chi connectivity index (χ2n) is 3.91. The Morgan fingerprint density at radius 3 is 2.62 bits per heavy atom. The number of carbonyl (C=O) groups excluding carboxylic acids is 1. The van der Waals surface area contributed by atoms with Crippen molar-refractivity contribution in [2.24, 2.45) is 0 Å². The van der Waals surface area contributed by atoms with E-state index in [0.29, 0.717) is 12.1 Å². The number of phenols is 2. The molecule has 0 atom stereocenters. The van der Waals surface area contributed by atoms with Gasteiger partial charge >= 0.3 is 0 Å². The highest BCUT2D eigenvalue weighted by molar-refractivity contribution is 6.03. The van der Waals surface area contributed by atoms with Gasteiger partial charge in [-0.25, -0.2) is 0 Å². The summed E-state index contributed by atoms with van der Waals surface area (Å²) in [5, 5.41) is 19.3. The summed E-state index contributed by atoms with van der Waals surface area (Å²) >= 11 is 0. The number of phenolic OH excluding ortho intramolecular Hbond substituents is 2. The van der Waals surface area contributed by atoms with E-state index in [0.717, 1.165) is 0 Å². The molecule has 1 aliphatic rings. The summed E-state index contributed by atoms with van der Waals surface area (Å²) < 4.78 is 4.92. The second-order valence-corrected chi connectivity index (χ2v) is 3.91. The van der Waals surface area contributed by atoms with Crippen LogP contribution >= 0.6 is 0 Å². The molecule has 0 aromatic heterocycles. The van der Waals surface area contributed by atoms with Gasteiger partial charge in [0.05, 0.1) is 19.2 Å². The summed E-state index contributed by atoms with van der Waals surface area (Å²) in [6, 6.07) is 1.58. The Morgan fingerprint density at radius 1 is 1.31 bits per heavy atom. The smallest absolute Gasteiger partial charge is 0.201 e. The van der Waals surface area contributed by atoms with Gasteiger partial charge in [-0.15, -0.1) is 0 Å². The molecule has 2 N–H and O–H groups in total. The van der Waals surface area contributed by atoms with Gasteiger partial charge in [-0.05, 0) is 18.7 Å². The van der Waals surface area contributed by atoms with E-state index in [1.807, 2.05) is 11.9 Å². The lowest BCUT2D eigenvalue weighted by molar-refractivity contribution is 0.0918. The van der Waals surface area contributed by atoms with Gasteiger partial charge < -0.3 is 14.9 Å². The molecule has 0 radical (unpaired) electrons. The highest BCUT2D eigenvalue weighted by Gasteiger charge is 2.27. The molecule has 1 aromatic rings. The molecule has 1 aliphatic heterocycles. The van der Waals surface area contributed by atoms with Crippen molar-refractivity contribution < 1.29 is 19.7 Å². The van der Waals surface area contributed by atoms with Crippen LogP contribution < -0.4 is 4.74 Å². The zero-order valence-corrected chi connectivity index (χ0v) is 9.15. The standard InChI is InChI=1S/C11H13NO4/c1-12-4-6-3-8(16-2)10(14)11(15)9(6)7(13)5-12/h3,14-15H,4-5H2,1-2H3. The van der Waals surface area contributed by atoms with Crippen molar-refractivity contribution in [3.05, 3.63) is 17.2 Å². The minimum atomic E-state index is -0.382. The SMILES string of the molecule is COc1cc2c(c(O)c1O)C(=O)CN(C)C2. The van der Waals surface area contributed by atoms with Gasteiger partial charge in [-0.2, -0.15) is 0 Å². The fourth-order valence-electron chi connectivity index (χ4n) is 1.95. The molecule has 0 unspecified atom stereocenters. The van der Waals surface area contributed by atoms with Crippen molar-refractivity contribution in [1.29, 1.82) is 0 Å². The third-order valence-corrected chi connectivity index (χ3v) is 2.67. The summed E-state index contributed by atoms with van der Waals surface area (Å²) in [5.41, 5.74) is 0.877. The number of hydrogen-bond donors (Lipinski definition) is 2. The van der Waals surface area contributed by atoms with Crippen molar-refractivity contribution in [2.75, 3.05) is 20.7 Å². The number of methoxy groups -OCH3 is 1. The van der Waals surface area contributed by atoms with Crippen molar-refractivity contribution in [2.45, 2.75) is 6.54 Å². The number of likely N-dealkylation sites (N-methyl/N-ethyl adjacent to an activating group) is 1. The van der Waals surface area contributed by atoms with E-state index in [1.54, 1.807) is 6.07 Å². The molecule has 0 bridgehead atoms. The maximum absolute atomic E-state index is 11.7. The third-order valence-electron chi connectivity index (χ3n) is 2.67. The number of fused-ring (bicyclic) bond motifs is 1. The molecule has 0 saturated carbocycles. The van der Waals surface area contributed by atoms with E-state index in [-0.39, 0.29) is 35.1 Å². The fourth-order valence-corrected chi connectivity index (χ4v) is 1.95. The lowest BCUT2D eigenvalue weighted by Crippen LogP contribution is -2.31. The second kappa shape index (κ2) is 3.68. The minimum Gasteiger partial charge on any atom is -0.504 e.